The Balaban J connectivity index is 2.49. The average molecular weight is 360 g/mol. The Morgan fingerprint density at radius 1 is 1.11 bits per heavy atom. The second kappa shape index (κ2) is 6.74. The van der Waals surface area contributed by atoms with Gasteiger partial charge in [-0.25, -0.2) is 9.59 Å². The fraction of sp³-hybridized carbons (Fsp3) is 0. The molecule has 0 saturated heterocycles. The van der Waals surface area contributed by atoms with Crippen LogP contribution in [0, 0.1) is 3.57 Å². The van der Waals surface area contributed by atoms with Crippen molar-refractivity contribution in [1.29, 1.82) is 0 Å². The van der Waals surface area contributed by atoms with E-state index in [1.165, 1.54) is 0 Å². The van der Waals surface area contributed by atoms with Crippen molar-refractivity contribution in [3.63, 3.8) is 0 Å². The van der Waals surface area contributed by atoms with E-state index in [0.717, 1.165) is 9.65 Å². The minimum atomic E-state index is -1.26. The topological polar surface area (TPSA) is 95.5 Å². The molecule has 0 aliphatic rings. The first-order chi connectivity index (χ1) is 8.47. The fourth-order valence-electron chi connectivity index (χ4n) is 0.996. The van der Waals surface area contributed by atoms with Crippen LogP contribution in [-0.4, -0.2) is 23.0 Å². The summed E-state index contributed by atoms with van der Waals surface area (Å²) < 4.78 is 1.01. The normalized spacial score (nSPS) is 10.1. The van der Waals surface area contributed by atoms with Gasteiger partial charge in [-0.05, 0) is 46.9 Å². The number of carbonyl (C=O) groups is 3. The molecule has 0 spiro atoms. The minimum Gasteiger partial charge on any atom is -0.478 e. The van der Waals surface area contributed by atoms with E-state index in [1.807, 2.05) is 5.32 Å². The molecule has 1 aromatic rings. The number of nitrogens with one attached hydrogen (secondary N) is 2. The lowest BCUT2D eigenvalue weighted by atomic mass is 10.3. The average Bonchev–Trinajstić information content (AvgIpc) is 2.29. The molecule has 0 unspecified atom stereocenters. The molecule has 3 N–H and O–H groups in total. The van der Waals surface area contributed by atoms with Crippen molar-refractivity contribution in [3.8, 4) is 0 Å². The second-order valence-corrected chi connectivity index (χ2v) is 4.37. The zero-order valence-corrected chi connectivity index (χ0v) is 11.2. The number of rotatable bonds is 3. The molecule has 0 bridgehead atoms. The highest BCUT2D eigenvalue weighted by Gasteiger charge is 2.05. The molecule has 0 aliphatic carbocycles. The molecule has 7 heteroatoms. The Bertz CT molecular complexity index is 496. The molecular weight excluding hydrogens is 351 g/mol. The lowest BCUT2D eigenvalue weighted by Gasteiger charge is -2.04. The number of carboxylic acid groups (broad SMARTS) is 1. The molecular formula is C11H9IN2O4. The number of benzene rings is 1. The van der Waals surface area contributed by atoms with E-state index in [2.05, 4.69) is 27.9 Å². The standard InChI is InChI=1S/C11H9IN2O4/c12-7-1-3-8(4-2-7)13-11(18)14-9(15)5-6-10(16)17/h1-6H,(H,16,17)(H2,13,14,15,18)/b6-5+. The van der Waals surface area contributed by atoms with Gasteiger partial charge in [0.15, 0.2) is 0 Å². The molecule has 1 rings (SSSR count). The van der Waals surface area contributed by atoms with Crippen molar-refractivity contribution in [2.75, 3.05) is 5.32 Å². The van der Waals surface area contributed by atoms with Gasteiger partial charge in [-0.2, -0.15) is 0 Å². The van der Waals surface area contributed by atoms with Crippen molar-refractivity contribution in [2.45, 2.75) is 0 Å². The molecule has 0 fully saturated rings. The summed E-state index contributed by atoms with van der Waals surface area (Å²) in [5.41, 5.74) is 0.530. The van der Waals surface area contributed by atoms with E-state index in [4.69, 9.17) is 5.11 Å². The Labute approximate surface area is 116 Å². The maximum Gasteiger partial charge on any atom is 0.328 e. The first-order valence-electron chi connectivity index (χ1n) is 4.76. The van der Waals surface area contributed by atoms with Gasteiger partial charge in [0.25, 0.3) is 5.91 Å². The number of amides is 3. The van der Waals surface area contributed by atoms with Crippen molar-refractivity contribution in [2.24, 2.45) is 0 Å². The van der Waals surface area contributed by atoms with Gasteiger partial charge in [-0.15, -0.1) is 0 Å². The lowest BCUT2D eigenvalue weighted by Crippen LogP contribution is -2.33. The van der Waals surface area contributed by atoms with Crippen molar-refractivity contribution >= 4 is 46.2 Å². The third kappa shape index (κ3) is 5.43. The number of halogens is 1. The Kier molecular flexibility index (Phi) is 5.31. The van der Waals surface area contributed by atoms with Gasteiger partial charge in [0.2, 0.25) is 0 Å². The number of aliphatic carboxylic acids is 1. The maximum atomic E-state index is 11.3. The molecule has 3 amide bonds. The van der Waals surface area contributed by atoms with Gasteiger partial charge >= 0.3 is 12.0 Å². The summed E-state index contributed by atoms with van der Waals surface area (Å²) >= 11 is 2.12. The first kappa shape index (κ1) is 14.2. The molecule has 0 heterocycles. The summed E-state index contributed by atoms with van der Waals surface area (Å²) in [5, 5.41) is 12.7. The SMILES string of the molecule is O=C(O)/C=C/C(=O)NC(=O)Nc1ccc(I)cc1. The maximum absolute atomic E-state index is 11.3. The Morgan fingerprint density at radius 2 is 1.72 bits per heavy atom. The van der Waals surface area contributed by atoms with Crippen molar-refractivity contribution < 1.29 is 19.5 Å². The highest BCUT2D eigenvalue weighted by molar-refractivity contribution is 14.1. The van der Waals surface area contributed by atoms with Crippen LogP contribution in [0.1, 0.15) is 0 Å². The summed E-state index contributed by atoms with van der Waals surface area (Å²) in [4.78, 5) is 32.5. The largest absolute Gasteiger partial charge is 0.478 e. The predicted octanol–water partition coefficient (Wildman–Crippen LogP) is 1.58. The smallest absolute Gasteiger partial charge is 0.328 e. The summed E-state index contributed by atoms with van der Waals surface area (Å²) in [6.07, 6.45) is 1.41. The fourth-order valence-corrected chi connectivity index (χ4v) is 1.36. The number of imide groups is 1. The van der Waals surface area contributed by atoms with Gasteiger partial charge in [0, 0.05) is 21.4 Å². The summed E-state index contributed by atoms with van der Waals surface area (Å²) in [6, 6.07) is 6.22. The second-order valence-electron chi connectivity index (χ2n) is 3.12. The third-order valence-electron chi connectivity index (χ3n) is 1.72. The zero-order chi connectivity index (χ0) is 13.5. The lowest BCUT2D eigenvalue weighted by molar-refractivity contribution is -0.131. The van der Waals surface area contributed by atoms with Crippen molar-refractivity contribution in [3.05, 3.63) is 40.0 Å². The van der Waals surface area contributed by atoms with Crippen LogP contribution < -0.4 is 10.6 Å². The monoisotopic (exact) mass is 360 g/mol. The quantitative estimate of drug-likeness (QED) is 0.564. The van der Waals surface area contributed by atoms with Crippen LogP contribution in [0.5, 0.6) is 0 Å². The van der Waals surface area contributed by atoms with Crippen LogP contribution in [0.4, 0.5) is 10.5 Å². The molecule has 0 atom stereocenters. The number of carbonyl (C=O) groups excluding carboxylic acids is 2. The summed E-state index contributed by atoms with van der Waals surface area (Å²) in [5.74, 6) is -2.07. The summed E-state index contributed by atoms with van der Waals surface area (Å²) in [6.45, 7) is 0. The van der Waals surface area contributed by atoms with Gasteiger partial charge in [-0.1, -0.05) is 0 Å². The van der Waals surface area contributed by atoms with E-state index in [9.17, 15) is 14.4 Å². The van der Waals surface area contributed by atoms with E-state index >= 15 is 0 Å². The van der Waals surface area contributed by atoms with Crippen LogP contribution in [0.15, 0.2) is 36.4 Å². The number of urea groups is 1. The number of hydrogen-bond acceptors (Lipinski definition) is 3. The zero-order valence-electron chi connectivity index (χ0n) is 9.01. The Morgan fingerprint density at radius 3 is 2.28 bits per heavy atom. The predicted molar refractivity (Wildman–Crippen MR) is 73.1 cm³/mol. The molecule has 6 nitrogen and oxygen atoms in total. The van der Waals surface area contributed by atoms with Gasteiger partial charge in [-0.3, -0.25) is 10.1 Å². The van der Waals surface area contributed by atoms with Crippen LogP contribution in [0.3, 0.4) is 0 Å². The van der Waals surface area contributed by atoms with E-state index < -0.39 is 17.9 Å². The Hall–Kier alpha value is -1.90. The molecule has 0 radical (unpaired) electrons. The van der Waals surface area contributed by atoms with Crippen LogP contribution >= 0.6 is 22.6 Å². The molecule has 94 valence electrons. The molecule has 0 saturated carbocycles. The van der Waals surface area contributed by atoms with Crippen LogP contribution in [-0.2, 0) is 9.59 Å². The van der Waals surface area contributed by atoms with Gasteiger partial charge < -0.3 is 10.4 Å². The summed E-state index contributed by atoms with van der Waals surface area (Å²) in [7, 11) is 0. The molecule has 18 heavy (non-hydrogen) atoms. The first-order valence-corrected chi connectivity index (χ1v) is 5.84. The highest BCUT2D eigenvalue weighted by atomic mass is 127. The van der Waals surface area contributed by atoms with Gasteiger partial charge in [0.1, 0.15) is 0 Å². The minimum absolute atomic E-state index is 0.530. The van der Waals surface area contributed by atoms with E-state index in [1.54, 1.807) is 24.3 Å². The third-order valence-corrected chi connectivity index (χ3v) is 2.44. The van der Waals surface area contributed by atoms with Crippen LogP contribution in [0.2, 0.25) is 0 Å². The number of anilines is 1. The number of carboxylic acids is 1. The number of hydrogen-bond donors (Lipinski definition) is 3. The molecule has 0 aliphatic heterocycles. The van der Waals surface area contributed by atoms with E-state index in [-0.39, 0.29) is 0 Å². The van der Waals surface area contributed by atoms with E-state index in [0.29, 0.717) is 11.8 Å². The van der Waals surface area contributed by atoms with Crippen LogP contribution in [0.25, 0.3) is 0 Å². The molecule has 0 aromatic heterocycles. The molecule has 1 aromatic carbocycles. The van der Waals surface area contributed by atoms with Crippen molar-refractivity contribution in [1.82, 2.24) is 5.32 Å². The highest BCUT2D eigenvalue weighted by Crippen LogP contribution is 2.10. The van der Waals surface area contributed by atoms with Gasteiger partial charge in [0.05, 0.1) is 0 Å².